The van der Waals surface area contributed by atoms with Crippen LogP contribution in [0.4, 0.5) is 0 Å². The van der Waals surface area contributed by atoms with Gasteiger partial charge in [0.25, 0.3) is 0 Å². The van der Waals surface area contributed by atoms with Crippen LogP contribution in [0.3, 0.4) is 0 Å². The van der Waals surface area contributed by atoms with Gasteiger partial charge in [0.05, 0.1) is 6.61 Å². The summed E-state index contributed by atoms with van der Waals surface area (Å²) in [6.07, 6.45) is 25.1. The summed E-state index contributed by atoms with van der Waals surface area (Å²) in [6.45, 7) is 4.65. The fourth-order valence-electron chi connectivity index (χ4n) is 3.78. The molecule has 34 heavy (non-hydrogen) atoms. The van der Waals surface area contributed by atoms with Crippen molar-refractivity contribution < 1.29 is 29.0 Å². The highest BCUT2D eigenvalue weighted by Gasteiger charge is 2.15. The van der Waals surface area contributed by atoms with E-state index in [2.05, 4.69) is 38.6 Å². The van der Waals surface area contributed by atoms with Gasteiger partial charge in [0.2, 0.25) is 0 Å². The maximum absolute atomic E-state index is 10.3. The average molecular weight is 528 g/mol. The number of nitrogens with one attached hydrogen (secondary N) is 1. The molecule has 0 radical (unpaired) electrons. The third-order valence-electron chi connectivity index (χ3n) is 5.79. The molecular formula is C25H54NO6PS. The standard InChI is InChI=1S/C25H54NO6PS/c1-2-3-4-5-6-7-8-9-10-11-12-13-16-19-24-34-25-20-22-26-21-17-14-15-18-23-30-31-32-33(27,28)29/h26H,2-25H2,1H3,(H2,27,28,29). The molecule has 0 rings (SSSR count). The zero-order valence-corrected chi connectivity index (χ0v) is 23.6. The van der Waals surface area contributed by atoms with Gasteiger partial charge in [-0.15, -0.1) is 0 Å². The van der Waals surface area contributed by atoms with Crippen LogP contribution in [0.1, 0.15) is 129 Å². The van der Waals surface area contributed by atoms with E-state index in [1.807, 2.05) is 0 Å². The van der Waals surface area contributed by atoms with Crippen LogP contribution in [0.15, 0.2) is 0 Å². The van der Waals surface area contributed by atoms with E-state index in [-0.39, 0.29) is 6.61 Å². The van der Waals surface area contributed by atoms with E-state index in [0.29, 0.717) is 0 Å². The number of phosphoric acid groups is 1. The lowest BCUT2D eigenvalue weighted by Gasteiger charge is -2.06. The van der Waals surface area contributed by atoms with Gasteiger partial charge in [-0.2, -0.15) is 11.8 Å². The van der Waals surface area contributed by atoms with Crippen LogP contribution >= 0.6 is 19.6 Å². The molecule has 7 nitrogen and oxygen atoms in total. The average Bonchev–Trinajstić information content (AvgIpc) is 2.80. The number of rotatable bonds is 29. The Morgan fingerprint density at radius 3 is 1.71 bits per heavy atom. The molecule has 0 aromatic rings. The Bertz CT molecular complexity index is 442. The molecule has 0 unspecified atom stereocenters. The summed E-state index contributed by atoms with van der Waals surface area (Å²) in [4.78, 5) is 21.3. The quantitative estimate of drug-likeness (QED) is 0.0394. The van der Waals surface area contributed by atoms with Crippen molar-refractivity contribution in [1.82, 2.24) is 5.32 Å². The molecule has 0 heterocycles. The Hall–Kier alpha value is 0.340. The molecule has 0 fully saturated rings. The topological polar surface area (TPSA) is 97.2 Å². The molecule has 0 aromatic heterocycles. The van der Waals surface area contributed by atoms with Crippen molar-refractivity contribution in [2.45, 2.75) is 129 Å². The second-order valence-corrected chi connectivity index (χ2v) is 11.5. The number of thioether (sulfide) groups is 1. The molecule has 0 bridgehead atoms. The third-order valence-corrected chi connectivity index (χ3v) is 7.20. The summed E-state index contributed by atoms with van der Waals surface area (Å²) >= 11 is 2.10. The van der Waals surface area contributed by atoms with Gasteiger partial charge in [0, 0.05) is 0 Å². The second-order valence-electron chi connectivity index (χ2n) is 9.18. The van der Waals surface area contributed by atoms with Crippen LogP contribution in [0.5, 0.6) is 0 Å². The van der Waals surface area contributed by atoms with Crippen molar-refractivity contribution in [1.29, 1.82) is 0 Å². The van der Waals surface area contributed by atoms with E-state index < -0.39 is 7.82 Å². The Labute approximate surface area is 214 Å². The van der Waals surface area contributed by atoms with E-state index in [1.54, 1.807) is 0 Å². The minimum absolute atomic E-state index is 0.254. The van der Waals surface area contributed by atoms with Gasteiger partial charge >= 0.3 is 7.82 Å². The van der Waals surface area contributed by atoms with E-state index in [9.17, 15) is 4.57 Å². The Balaban J connectivity index is 3.03. The van der Waals surface area contributed by atoms with Crippen LogP contribution in [-0.4, -0.2) is 41.0 Å². The molecule has 0 aliphatic carbocycles. The highest BCUT2D eigenvalue weighted by molar-refractivity contribution is 7.99. The molecule has 0 atom stereocenters. The van der Waals surface area contributed by atoms with Crippen LogP contribution in [0.25, 0.3) is 0 Å². The molecule has 0 aliphatic rings. The van der Waals surface area contributed by atoms with Crippen molar-refractivity contribution in [3.8, 4) is 0 Å². The summed E-state index contributed by atoms with van der Waals surface area (Å²) in [6, 6.07) is 0. The molecule has 0 spiro atoms. The first-order chi connectivity index (χ1) is 16.6. The Kier molecular flexibility index (Phi) is 28.2. The van der Waals surface area contributed by atoms with Crippen LogP contribution < -0.4 is 5.32 Å². The lowest BCUT2D eigenvalue weighted by atomic mass is 10.0. The predicted octanol–water partition coefficient (Wildman–Crippen LogP) is 7.71. The van der Waals surface area contributed by atoms with Gasteiger partial charge in [0.1, 0.15) is 0 Å². The van der Waals surface area contributed by atoms with Crippen molar-refractivity contribution in [3.05, 3.63) is 0 Å². The fourth-order valence-corrected chi connectivity index (χ4v) is 4.87. The molecule has 206 valence electrons. The first-order valence-corrected chi connectivity index (χ1v) is 16.6. The molecule has 9 heteroatoms. The summed E-state index contributed by atoms with van der Waals surface area (Å²) in [7, 11) is -4.62. The SMILES string of the molecule is CCCCCCCCCCCCCCCCSCCCNCCCCCCOOOP(=O)(O)O. The Morgan fingerprint density at radius 2 is 1.12 bits per heavy atom. The number of hydrogen-bond acceptors (Lipinski definition) is 6. The largest absolute Gasteiger partial charge is 0.499 e. The van der Waals surface area contributed by atoms with Crippen LogP contribution in [0.2, 0.25) is 0 Å². The third kappa shape index (κ3) is 32.3. The molecule has 0 aliphatic heterocycles. The highest BCUT2D eigenvalue weighted by Crippen LogP contribution is 2.35. The first-order valence-electron chi connectivity index (χ1n) is 13.9. The summed E-state index contributed by atoms with van der Waals surface area (Å²) in [5.41, 5.74) is 0. The van der Waals surface area contributed by atoms with Gasteiger partial charge in [0.15, 0.2) is 0 Å². The van der Waals surface area contributed by atoms with Crippen LogP contribution in [-0.2, 0) is 19.2 Å². The monoisotopic (exact) mass is 527 g/mol. The van der Waals surface area contributed by atoms with Crippen LogP contribution in [0, 0.1) is 0 Å². The normalized spacial score (nSPS) is 12.0. The number of unbranched alkanes of at least 4 members (excludes halogenated alkanes) is 16. The summed E-state index contributed by atoms with van der Waals surface area (Å²) in [5.74, 6) is 2.56. The van der Waals surface area contributed by atoms with Crippen molar-refractivity contribution in [3.63, 3.8) is 0 Å². The number of hydrogen-bond donors (Lipinski definition) is 3. The molecule has 3 N–H and O–H groups in total. The van der Waals surface area contributed by atoms with Gasteiger partial charge in [-0.05, 0) is 50.3 Å². The van der Waals surface area contributed by atoms with Gasteiger partial charge in [-0.25, -0.2) is 9.45 Å². The fraction of sp³-hybridized carbons (Fsp3) is 1.00. The van der Waals surface area contributed by atoms with Gasteiger partial charge in [-0.1, -0.05) is 113 Å². The minimum atomic E-state index is -4.62. The molecule has 0 amide bonds. The van der Waals surface area contributed by atoms with Crippen molar-refractivity contribution >= 4 is 19.6 Å². The molecule has 0 aromatic carbocycles. The van der Waals surface area contributed by atoms with Gasteiger partial charge in [-0.3, -0.25) is 0 Å². The smallest absolute Gasteiger partial charge is 0.317 e. The molecule has 0 saturated carbocycles. The second kappa shape index (κ2) is 27.9. The molecular weight excluding hydrogens is 473 g/mol. The zero-order chi connectivity index (χ0) is 25.0. The van der Waals surface area contributed by atoms with Crippen molar-refractivity contribution in [2.24, 2.45) is 0 Å². The first kappa shape index (κ1) is 34.3. The van der Waals surface area contributed by atoms with E-state index in [4.69, 9.17) is 9.79 Å². The lowest BCUT2D eigenvalue weighted by Crippen LogP contribution is -2.17. The minimum Gasteiger partial charge on any atom is -0.317 e. The lowest BCUT2D eigenvalue weighted by molar-refractivity contribution is -0.472. The van der Waals surface area contributed by atoms with E-state index in [0.717, 1.165) is 38.8 Å². The van der Waals surface area contributed by atoms with Crippen molar-refractivity contribution in [2.75, 3.05) is 31.2 Å². The van der Waals surface area contributed by atoms with E-state index >= 15 is 0 Å². The van der Waals surface area contributed by atoms with Gasteiger partial charge < -0.3 is 15.1 Å². The summed E-state index contributed by atoms with van der Waals surface area (Å²) in [5, 5.41) is 7.47. The maximum atomic E-state index is 10.3. The predicted molar refractivity (Wildman–Crippen MR) is 144 cm³/mol. The Morgan fingerprint density at radius 1 is 0.647 bits per heavy atom. The maximum Gasteiger partial charge on any atom is 0.499 e. The molecule has 0 saturated heterocycles. The van der Waals surface area contributed by atoms with E-state index in [1.165, 1.54) is 108 Å². The summed E-state index contributed by atoms with van der Waals surface area (Å²) < 4.78 is 14.1. The highest BCUT2D eigenvalue weighted by atomic mass is 32.2. The zero-order valence-electron chi connectivity index (χ0n) is 21.9.